The molecule has 1 aliphatic heterocycles. The van der Waals surface area contributed by atoms with Crippen LogP contribution in [0.4, 0.5) is 0 Å². The van der Waals surface area contributed by atoms with E-state index in [1.807, 2.05) is 6.92 Å². The fraction of sp³-hybridized carbons (Fsp3) is 0.263. The summed E-state index contributed by atoms with van der Waals surface area (Å²) >= 11 is 0. The molecule has 1 N–H and O–H groups in total. The molecule has 1 heterocycles. The first-order chi connectivity index (χ1) is 13.6. The van der Waals surface area contributed by atoms with E-state index < -0.39 is 44.3 Å². The molecule has 2 aromatic rings. The molecule has 0 radical (unpaired) electrons. The van der Waals surface area contributed by atoms with Gasteiger partial charge in [-0.2, -0.15) is 0 Å². The molecule has 8 nitrogen and oxygen atoms in total. The SMILES string of the molecule is CC[C@H](NC(=O)CN1C(=O)c2ccccc2S1(=O)=O)c1ccc(S(C)(=O)=O)cc1. The minimum Gasteiger partial charge on any atom is -0.348 e. The third-order valence-corrected chi connectivity index (χ3v) is 7.57. The molecule has 0 bridgehead atoms. The molecule has 10 heteroatoms. The zero-order valence-corrected chi connectivity index (χ0v) is 17.5. The van der Waals surface area contributed by atoms with Gasteiger partial charge in [-0.3, -0.25) is 9.59 Å². The maximum Gasteiger partial charge on any atom is 0.269 e. The van der Waals surface area contributed by atoms with Crippen molar-refractivity contribution in [2.45, 2.75) is 29.2 Å². The van der Waals surface area contributed by atoms with Crippen LogP contribution in [0.2, 0.25) is 0 Å². The van der Waals surface area contributed by atoms with Crippen LogP contribution in [0.1, 0.15) is 35.3 Å². The first-order valence-electron chi connectivity index (χ1n) is 8.81. The van der Waals surface area contributed by atoms with Crippen LogP contribution in [-0.4, -0.2) is 45.8 Å². The molecule has 2 aromatic carbocycles. The molecular weight excluding hydrogens is 416 g/mol. The van der Waals surface area contributed by atoms with Crippen LogP contribution in [0.5, 0.6) is 0 Å². The van der Waals surface area contributed by atoms with Crippen molar-refractivity contribution in [1.29, 1.82) is 0 Å². The maximum atomic E-state index is 12.6. The van der Waals surface area contributed by atoms with E-state index in [1.54, 1.807) is 18.2 Å². The van der Waals surface area contributed by atoms with Gasteiger partial charge in [-0.15, -0.1) is 0 Å². The number of rotatable bonds is 6. The van der Waals surface area contributed by atoms with Gasteiger partial charge >= 0.3 is 0 Å². The highest BCUT2D eigenvalue weighted by Crippen LogP contribution is 2.29. The van der Waals surface area contributed by atoms with E-state index in [-0.39, 0.29) is 15.4 Å². The molecule has 2 amide bonds. The van der Waals surface area contributed by atoms with Gasteiger partial charge in [-0.25, -0.2) is 21.1 Å². The molecule has 1 atom stereocenters. The summed E-state index contributed by atoms with van der Waals surface area (Å²) < 4.78 is 48.8. The standard InChI is InChI=1S/C19H20N2O6S2/c1-3-16(13-8-10-14(11-9-13)28(2,24)25)20-18(22)12-21-19(23)15-6-4-5-7-17(15)29(21,26)27/h4-11,16H,3,12H2,1-2H3,(H,20,22)/t16-/m0/s1. The summed E-state index contributed by atoms with van der Waals surface area (Å²) in [5.74, 6) is -1.37. The molecule has 0 unspecified atom stereocenters. The van der Waals surface area contributed by atoms with Crippen LogP contribution in [0.15, 0.2) is 58.3 Å². The lowest BCUT2D eigenvalue weighted by atomic mass is 10.0. The summed E-state index contributed by atoms with van der Waals surface area (Å²) in [5, 5.41) is 2.71. The smallest absolute Gasteiger partial charge is 0.269 e. The Hall–Kier alpha value is -2.72. The van der Waals surface area contributed by atoms with Gasteiger partial charge in [0.1, 0.15) is 11.4 Å². The highest BCUT2D eigenvalue weighted by atomic mass is 32.2. The lowest BCUT2D eigenvalue weighted by Gasteiger charge is -2.20. The summed E-state index contributed by atoms with van der Waals surface area (Å²) in [6.07, 6.45) is 1.59. The molecule has 154 valence electrons. The predicted molar refractivity (Wildman–Crippen MR) is 105 cm³/mol. The molecule has 0 aliphatic carbocycles. The topological polar surface area (TPSA) is 118 Å². The van der Waals surface area contributed by atoms with Crippen LogP contribution in [0, 0.1) is 0 Å². The van der Waals surface area contributed by atoms with Gasteiger partial charge < -0.3 is 5.32 Å². The van der Waals surface area contributed by atoms with Crippen molar-refractivity contribution >= 4 is 31.7 Å². The maximum absolute atomic E-state index is 12.6. The van der Waals surface area contributed by atoms with E-state index >= 15 is 0 Å². The van der Waals surface area contributed by atoms with E-state index in [0.29, 0.717) is 16.3 Å². The molecule has 0 saturated carbocycles. The number of sulfonamides is 1. The van der Waals surface area contributed by atoms with Gasteiger partial charge in [-0.1, -0.05) is 31.2 Å². The second-order valence-electron chi connectivity index (χ2n) is 6.68. The van der Waals surface area contributed by atoms with Crippen LogP contribution < -0.4 is 5.32 Å². The van der Waals surface area contributed by atoms with Gasteiger partial charge in [-0.05, 0) is 36.2 Å². The molecule has 0 aromatic heterocycles. The van der Waals surface area contributed by atoms with Gasteiger partial charge in [0.2, 0.25) is 5.91 Å². The second kappa shape index (κ2) is 7.60. The van der Waals surface area contributed by atoms with Crippen molar-refractivity contribution in [1.82, 2.24) is 9.62 Å². The summed E-state index contributed by atoms with van der Waals surface area (Å²) in [6, 6.07) is 11.4. The zero-order valence-electron chi connectivity index (χ0n) is 15.8. The Morgan fingerprint density at radius 2 is 1.72 bits per heavy atom. The molecule has 3 rings (SSSR count). The average Bonchev–Trinajstić information content (AvgIpc) is 2.87. The van der Waals surface area contributed by atoms with E-state index in [4.69, 9.17) is 0 Å². The lowest BCUT2D eigenvalue weighted by Crippen LogP contribution is -2.41. The fourth-order valence-corrected chi connectivity index (χ4v) is 5.28. The number of amides is 2. The van der Waals surface area contributed by atoms with E-state index in [1.165, 1.54) is 30.3 Å². The first-order valence-corrected chi connectivity index (χ1v) is 12.1. The van der Waals surface area contributed by atoms with Crippen molar-refractivity contribution in [3.8, 4) is 0 Å². The quantitative estimate of drug-likeness (QED) is 0.733. The monoisotopic (exact) mass is 436 g/mol. The highest BCUT2D eigenvalue weighted by Gasteiger charge is 2.41. The number of nitrogens with zero attached hydrogens (tertiary/aromatic N) is 1. The zero-order chi connectivity index (χ0) is 21.4. The van der Waals surface area contributed by atoms with Crippen LogP contribution in [0.3, 0.4) is 0 Å². The molecule has 0 spiro atoms. The van der Waals surface area contributed by atoms with Crippen LogP contribution in [0.25, 0.3) is 0 Å². The number of hydrogen-bond donors (Lipinski definition) is 1. The van der Waals surface area contributed by atoms with E-state index in [2.05, 4.69) is 5.32 Å². The summed E-state index contributed by atoms with van der Waals surface area (Å²) in [7, 11) is -7.40. The third kappa shape index (κ3) is 4.03. The average molecular weight is 437 g/mol. The highest BCUT2D eigenvalue weighted by molar-refractivity contribution is 7.90. The van der Waals surface area contributed by atoms with E-state index in [9.17, 15) is 26.4 Å². The van der Waals surface area contributed by atoms with Crippen molar-refractivity contribution < 1.29 is 26.4 Å². The van der Waals surface area contributed by atoms with E-state index in [0.717, 1.165) is 6.26 Å². The lowest BCUT2D eigenvalue weighted by molar-refractivity contribution is -0.121. The van der Waals surface area contributed by atoms with Crippen molar-refractivity contribution in [3.63, 3.8) is 0 Å². The molecular formula is C19H20N2O6S2. The Bertz CT molecular complexity index is 1170. The normalized spacial score (nSPS) is 16.3. The van der Waals surface area contributed by atoms with Crippen molar-refractivity contribution in [3.05, 3.63) is 59.7 Å². The number of fused-ring (bicyclic) bond motifs is 1. The molecule has 0 fully saturated rings. The second-order valence-corrected chi connectivity index (χ2v) is 10.5. The van der Waals surface area contributed by atoms with Crippen molar-refractivity contribution in [2.75, 3.05) is 12.8 Å². The van der Waals surface area contributed by atoms with Crippen LogP contribution >= 0.6 is 0 Å². The Morgan fingerprint density at radius 1 is 1.10 bits per heavy atom. The predicted octanol–water partition coefficient (Wildman–Crippen LogP) is 1.50. The summed E-state index contributed by atoms with van der Waals surface area (Å²) in [6.45, 7) is 1.19. The Labute approximate surface area is 169 Å². The minimum atomic E-state index is -4.06. The first kappa shape index (κ1) is 21.0. The largest absolute Gasteiger partial charge is 0.348 e. The van der Waals surface area contributed by atoms with Gasteiger partial charge in [0.15, 0.2) is 9.84 Å². The summed E-state index contributed by atoms with van der Waals surface area (Å²) in [4.78, 5) is 25.0. The Balaban J connectivity index is 1.75. The number of benzene rings is 2. The van der Waals surface area contributed by atoms with Gasteiger partial charge in [0.05, 0.1) is 16.5 Å². The Kier molecular flexibility index (Phi) is 5.50. The number of carbonyl (C=O) groups excluding carboxylic acids is 2. The third-order valence-electron chi connectivity index (χ3n) is 4.65. The van der Waals surface area contributed by atoms with Gasteiger partial charge in [0, 0.05) is 6.26 Å². The number of sulfone groups is 1. The minimum absolute atomic E-state index is 0.0451. The van der Waals surface area contributed by atoms with Crippen molar-refractivity contribution in [2.24, 2.45) is 0 Å². The summed E-state index contributed by atoms with van der Waals surface area (Å²) in [5.41, 5.74) is 0.718. The number of carbonyl (C=O) groups is 2. The fourth-order valence-electron chi connectivity index (χ4n) is 3.13. The van der Waals surface area contributed by atoms with Gasteiger partial charge in [0.25, 0.3) is 15.9 Å². The molecule has 0 saturated heterocycles. The molecule has 1 aliphatic rings. The number of hydrogen-bond acceptors (Lipinski definition) is 6. The molecule has 29 heavy (non-hydrogen) atoms. The van der Waals surface area contributed by atoms with Crippen LogP contribution in [-0.2, 0) is 24.7 Å². The number of nitrogens with one attached hydrogen (secondary N) is 1. The Morgan fingerprint density at radius 3 is 2.28 bits per heavy atom.